The highest BCUT2D eigenvalue weighted by Crippen LogP contribution is 2.34. The monoisotopic (exact) mass is 513 g/mol. The number of carbonyl (C=O) groups is 3. The summed E-state index contributed by atoms with van der Waals surface area (Å²) in [4.78, 5) is 38.4. The molecule has 1 aromatic heterocycles. The number of amides is 2. The zero-order valence-corrected chi connectivity index (χ0v) is 21.0. The number of rotatable bonds is 11. The van der Waals surface area contributed by atoms with Gasteiger partial charge in [-0.2, -0.15) is 0 Å². The van der Waals surface area contributed by atoms with Crippen LogP contribution in [0.2, 0.25) is 5.02 Å². The molecule has 2 amide bonds. The maximum atomic E-state index is 14.7. The summed E-state index contributed by atoms with van der Waals surface area (Å²) in [6.07, 6.45) is 4.14. The Morgan fingerprint density at radius 1 is 1.14 bits per heavy atom. The normalized spacial score (nSPS) is 14.9. The average Bonchev–Trinajstić information content (AvgIpc) is 3.59. The fourth-order valence-corrected chi connectivity index (χ4v) is 4.59. The summed E-state index contributed by atoms with van der Waals surface area (Å²) in [5.41, 5.74) is 1.51. The predicted octanol–water partition coefficient (Wildman–Crippen LogP) is 4.43. The maximum absolute atomic E-state index is 14.7. The van der Waals surface area contributed by atoms with Gasteiger partial charge < -0.3 is 19.9 Å². The first-order chi connectivity index (χ1) is 17.3. The maximum Gasteiger partial charge on any atom is 0.243 e. The van der Waals surface area contributed by atoms with Gasteiger partial charge in [0.2, 0.25) is 11.8 Å². The van der Waals surface area contributed by atoms with Gasteiger partial charge in [0.05, 0.1) is 17.7 Å². The smallest absolute Gasteiger partial charge is 0.243 e. The van der Waals surface area contributed by atoms with Crippen LogP contribution in [0.1, 0.15) is 48.1 Å². The van der Waals surface area contributed by atoms with Crippen molar-refractivity contribution in [3.63, 3.8) is 0 Å². The van der Waals surface area contributed by atoms with Gasteiger partial charge in [-0.25, -0.2) is 4.39 Å². The number of fused-ring (bicyclic) bond motifs is 1. The molecule has 0 radical (unpaired) electrons. The van der Waals surface area contributed by atoms with Crippen molar-refractivity contribution in [3.8, 4) is 0 Å². The number of benzene rings is 2. The van der Waals surface area contributed by atoms with Gasteiger partial charge in [-0.3, -0.25) is 14.4 Å². The largest absolute Gasteiger partial charge is 0.382 e. The van der Waals surface area contributed by atoms with Gasteiger partial charge in [-0.15, -0.1) is 0 Å². The molecule has 2 aromatic carbocycles. The number of hydrogen-bond donors (Lipinski definition) is 2. The van der Waals surface area contributed by atoms with Crippen molar-refractivity contribution in [2.75, 3.05) is 13.7 Å². The first-order valence-corrected chi connectivity index (χ1v) is 12.3. The van der Waals surface area contributed by atoms with E-state index in [1.807, 2.05) is 24.3 Å². The van der Waals surface area contributed by atoms with Gasteiger partial charge in [-0.05, 0) is 31.4 Å². The quantitative estimate of drug-likeness (QED) is 0.371. The number of para-hydroxylation sites is 1. The number of nitrogens with one attached hydrogen (secondary N) is 2. The Hall–Kier alpha value is -3.23. The number of methoxy groups -OCH3 is 1. The summed E-state index contributed by atoms with van der Waals surface area (Å²) >= 11 is 5.93. The molecule has 0 unspecified atom stereocenters. The van der Waals surface area contributed by atoms with E-state index in [0.29, 0.717) is 17.9 Å². The lowest BCUT2D eigenvalue weighted by Crippen LogP contribution is -2.49. The zero-order chi connectivity index (χ0) is 25.8. The molecule has 190 valence electrons. The third-order valence-electron chi connectivity index (χ3n) is 6.41. The zero-order valence-electron chi connectivity index (χ0n) is 20.2. The summed E-state index contributed by atoms with van der Waals surface area (Å²) in [6.45, 7) is 1.48. The number of nitrogens with zero attached hydrogens (tertiary/aromatic N) is 1. The number of ketones is 1. The fraction of sp³-hybridized carbons (Fsp3) is 0.370. The SMILES string of the molecule is COC[C@@H](NC(=O)[C@H](CC1CC1)NC(=O)Cn1cc(C(C)=O)c2ccccc21)c1cccc(Cl)c1F. The van der Waals surface area contributed by atoms with Crippen LogP contribution in [0.15, 0.2) is 48.7 Å². The minimum atomic E-state index is -0.791. The molecule has 0 bridgehead atoms. The summed E-state index contributed by atoms with van der Waals surface area (Å²) < 4.78 is 21.6. The Morgan fingerprint density at radius 2 is 1.89 bits per heavy atom. The van der Waals surface area contributed by atoms with E-state index in [1.54, 1.807) is 22.9 Å². The molecule has 36 heavy (non-hydrogen) atoms. The number of aromatic nitrogens is 1. The molecule has 0 aliphatic heterocycles. The van der Waals surface area contributed by atoms with Crippen LogP contribution in [-0.4, -0.2) is 41.9 Å². The van der Waals surface area contributed by atoms with Crippen molar-refractivity contribution in [2.45, 2.75) is 44.8 Å². The van der Waals surface area contributed by atoms with E-state index in [9.17, 15) is 18.8 Å². The highest BCUT2D eigenvalue weighted by atomic mass is 35.5. The van der Waals surface area contributed by atoms with Crippen molar-refractivity contribution in [2.24, 2.45) is 5.92 Å². The van der Waals surface area contributed by atoms with Crippen molar-refractivity contribution in [1.29, 1.82) is 0 Å². The molecular formula is C27H29ClFN3O4. The highest BCUT2D eigenvalue weighted by Gasteiger charge is 2.32. The minimum Gasteiger partial charge on any atom is -0.382 e. The van der Waals surface area contributed by atoms with E-state index < -0.39 is 23.8 Å². The lowest BCUT2D eigenvalue weighted by molar-refractivity contribution is -0.130. The molecule has 1 fully saturated rings. The first kappa shape index (κ1) is 25.9. The molecule has 1 aliphatic carbocycles. The lowest BCUT2D eigenvalue weighted by Gasteiger charge is -2.24. The average molecular weight is 514 g/mol. The third kappa shape index (κ3) is 5.94. The van der Waals surface area contributed by atoms with E-state index in [1.165, 1.54) is 20.1 Å². The standard InChI is InChI=1S/C27H29ClFN3O4/c1-16(33)20-13-32(24-9-4-3-6-18(20)24)14-25(34)30-22(12-17-10-11-17)27(35)31-23(15-36-2)19-7-5-8-21(28)26(19)29/h3-9,13,17,22-23H,10-12,14-15H2,1-2H3,(H,30,34)(H,31,35)/t22-,23+/m0/s1. The van der Waals surface area contributed by atoms with Gasteiger partial charge in [0.1, 0.15) is 18.4 Å². The minimum absolute atomic E-state index is 0.0380. The van der Waals surface area contributed by atoms with Crippen LogP contribution in [0.3, 0.4) is 0 Å². The molecule has 7 nitrogen and oxygen atoms in total. The van der Waals surface area contributed by atoms with Crippen LogP contribution >= 0.6 is 11.6 Å². The third-order valence-corrected chi connectivity index (χ3v) is 6.70. The van der Waals surface area contributed by atoms with Gasteiger partial charge in [0.25, 0.3) is 0 Å². The lowest BCUT2D eigenvalue weighted by atomic mass is 10.0. The predicted molar refractivity (Wildman–Crippen MR) is 135 cm³/mol. The molecule has 2 N–H and O–H groups in total. The van der Waals surface area contributed by atoms with Crippen LogP contribution in [0, 0.1) is 11.7 Å². The number of hydrogen-bond acceptors (Lipinski definition) is 4. The topological polar surface area (TPSA) is 89.4 Å². The molecular weight excluding hydrogens is 485 g/mol. The van der Waals surface area contributed by atoms with E-state index in [-0.39, 0.29) is 35.4 Å². The molecule has 0 saturated heterocycles. The van der Waals surface area contributed by atoms with Crippen LogP contribution < -0.4 is 10.6 Å². The second kappa shape index (κ2) is 11.2. The van der Waals surface area contributed by atoms with Gasteiger partial charge in [-0.1, -0.05) is 54.8 Å². The van der Waals surface area contributed by atoms with Crippen molar-refractivity contribution >= 4 is 40.1 Å². The summed E-state index contributed by atoms with van der Waals surface area (Å²) in [5, 5.41) is 6.40. The van der Waals surface area contributed by atoms with Crippen molar-refractivity contribution in [3.05, 3.63) is 70.6 Å². The first-order valence-electron chi connectivity index (χ1n) is 11.9. The fourth-order valence-electron chi connectivity index (χ4n) is 4.41. The number of ether oxygens (including phenoxy) is 1. The Morgan fingerprint density at radius 3 is 2.58 bits per heavy atom. The van der Waals surface area contributed by atoms with Crippen LogP contribution in [-0.2, 0) is 20.9 Å². The molecule has 3 aromatic rings. The molecule has 4 rings (SSSR count). The molecule has 9 heteroatoms. The Bertz CT molecular complexity index is 1290. The molecule has 1 heterocycles. The van der Waals surface area contributed by atoms with E-state index in [2.05, 4.69) is 10.6 Å². The van der Waals surface area contributed by atoms with Gasteiger partial charge >= 0.3 is 0 Å². The molecule has 0 spiro atoms. The second-order valence-corrected chi connectivity index (χ2v) is 9.61. The number of halogens is 2. The van der Waals surface area contributed by atoms with Crippen LogP contribution in [0.25, 0.3) is 10.9 Å². The Kier molecular flexibility index (Phi) is 8.06. The molecule has 1 aliphatic rings. The summed E-state index contributed by atoms with van der Waals surface area (Å²) in [7, 11) is 1.46. The Labute approximate surface area is 213 Å². The van der Waals surface area contributed by atoms with E-state index in [0.717, 1.165) is 23.7 Å². The van der Waals surface area contributed by atoms with Crippen LogP contribution in [0.5, 0.6) is 0 Å². The Balaban J connectivity index is 1.50. The molecule has 2 atom stereocenters. The van der Waals surface area contributed by atoms with Crippen molar-refractivity contribution < 1.29 is 23.5 Å². The molecule has 1 saturated carbocycles. The summed E-state index contributed by atoms with van der Waals surface area (Å²) in [6, 6.07) is 10.4. The van der Waals surface area contributed by atoms with Gasteiger partial charge in [0, 0.05) is 35.3 Å². The van der Waals surface area contributed by atoms with Crippen molar-refractivity contribution in [1.82, 2.24) is 15.2 Å². The number of carbonyl (C=O) groups excluding carboxylic acids is 3. The highest BCUT2D eigenvalue weighted by molar-refractivity contribution is 6.30. The van der Waals surface area contributed by atoms with E-state index in [4.69, 9.17) is 16.3 Å². The van der Waals surface area contributed by atoms with E-state index >= 15 is 0 Å². The van der Waals surface area contributed by atoms with Crippen LogP contribution in [0.4, 0.5) is 4.39 Å². The summed E-state index contributed by atoms with van der Waals surface area (Å²) in [5.74, 6) is -1.14. The van der Waals surface area contributed by atoms with Gasteiger partial charge in [0.15, 0.2) is 5.78 Å². The number of Topliss-reactive ketones (excluding diaryl/α,β-unsaturated/α-hetero) is 1. The second-order valence-electron chi connectivity index (χ2n) is 9.20.